The fourth-order valence-electron chi connectivity index (χ4n) is 2.93. The number of carbonyl (C=O) groups is 1. The van der Waals surface area contributed by atoms with Crippen molar-refractivity contribution in [3.63, 3.8) is 0 Å². The van der Waals surface area contributed by atoms with Crippen LogP contribution < -0.4 is 0 Å². The second-order valence-corrected chi connectivity index (χ2v) is 9.09. The maximum atomic E-state index is 12.4. The molecule has 1 heterocycles. The Morgan fingerprint density at radius 1 is 1.04 bits per heavy atom. The second kappa shape index (κ2) is 8.31. The zero-order valence-electron chi connectivity index (χ0n) is 17.2. The predicted molar refractivity (Wildman–Crippen MR) is 115 cm³/mol. The van der Waals surface area contributed by atoms with Crippen LogP contribution in [0.5, 0.6) is 0 Å². The lowest BCUT2D eigenvalue weighted by atomic mass is 9.92. The SMILES string of the molecule is Cc1ccc(-n2c(Cc3ccccc3)nnc2SCC(=O)C(C)(C)C)c(C)c1. The van der Waals surface area contributed by atoms with Crippen LogP contribution in [-0.4, -0.2) is 26.3 Å². The van der Waals surface area contributed by atoms with E-state index in [2.05, 4.69) is 58.9 Å². The molecule has 1 aromatic heterocycles. The molecule has 0 aliphatic carbocycles. The first kappa shape index (κ1) is 20.3. The molecule has 4 nitrogen and oxygen atoms in total. The van der Waals surface area contributed by atoms with E-state index in [1.807, 2.05) is 39.0 Å². The average molecular weight is 394 g/mol. The highest BCUT2D eigenvalue weighted by molar-refractivity contribution is 7.99. The van der Waals surface area contributed by atoms with Gasteiger partial charge in [-0.3, -0.25) is 9.36 Å². The standard InChI is InChI=1S/C23H27N3OS/c1-16-11-12-19(17(2)13-16)26-21(14-18-9-7-6-8-10-18)24-25-22(26)28-15-20(27)23(3,4)5/h6-13H,14-15H2,1-5H3. The van der Waals surface area contributed by atoms with Crippen LogP contribution in [0.1, 0.15) is 43.3 Å². The van der Waals surface area contributed by atoms with Crippen molar-refractivity contribution in [1.82, 2.24) is 14.8 Å². The van der Waals surface area contributed by atoms with Gasteiger partial charge >= 0.3 is 0 Å². The van der Waals surface area contributed by atoms with Gasteiger partial charge in [-0.05, 0) is 31.0 Å². The van der Waals surface area contributed by atoms with Gasteiger partial charge in [-0.2, -0.15) is 0 Å². The fraction of sp³-hybridized carbons (Fsp3) is 0.348. The van der Waals surface area contributed by atoms with Crippen LogP contribution in [0.2, 0.25) is 0 Å². The van der Waals surface area contributed by atoms with Gasteiger partial charge in [0.2, 0.25) is 0 Å². The molecule has 146 valence electrons. The highest BCUT2D eigenvalue weighted by atomic mass is 32.2. The van der Waals surface area contributed by atoms with Gasteiger partial charge in [0.25, 0.3) is 0 Å². The number of Topliss-reactive ketones (excluding diaryl/α,β-unsaturated/α-hetero) is 1. The Hall–Kier alpha value is -2.40. The Morgan fingerprint density at radius 3 is 2.39 bits per heavy atom. The van der Waals surface area contributed by atoms with E-state index in [-0.39, 0.29) is 11.2 Å². The Morgan fingerprint density at radius 2 is 1.75 bits per heavy atom. The van der Waals surface area contributed by atoms with Gasteiger partial charge < -0.3 is 0 Å². The molecule has 0 aliphatic heterocycles. The lowest BCUT2D eigenvalue weighted by Crippen LogP contribution is -2.22. The number of aryl methyl sites for hydroxylation is 2. The van der Waals surface area contributed by atoms with Crippen LogP contribution in [0.25, 0.3) is 5.69 Å². The number of hydrogen-bond donors (Lipinski definition) is 0. The molecule has 0 bridgehead atoms. The molecule has 3 aromatic rings. The zero-order valence-corrected chi connectivity index (χ0v) is 18.0. The van der Waals surface area contributed by atoms with Crippen LogP contribution in [0, 0.1) is 19.3 Å². The molecular weight excluding hydrogens is 366 g/mol. The van der Waals surface area contributed by atoms with Crippen molar-refractivity contribution in [3.8, 4) is 5.69 Å². The van der Waals surface area contributed by atoms with Gasteiger partial charge in [-0.25, -0.2) is 0 Å². The molecule has 3 rings (SSSR count). The summed E-state index contributed by atoms with van der Waals surface area (Å²) in [5.74, 6) is 1.47. The largest absolute Gasteiger partial charge is 0.298 e. The number of hydrogen-bond acceptors (Lipinski definition) is 4. The smallest absolute Gasteiger partial charge is 0.196 e. The summed E-state index contributed by atoms with van der Waals surface area (Å²) in [7, 11) is 0. The molecule has 0 amide bonds. The van der Waals surface area contributed by atoms with Crippen molar-refractivity contribution in [3.05, 3.63) is 71.0 Å². The van der Waals surface area contributed by atoms with Crippen molar-refractivity contribution in [2.24, 2.45) is 5.41 Å². The first-order chi connectivity index (χ1) is 13.3. The molecule has 0 radical (unpaired) electrons. The van der Waals surface area contributed by atoms with E-state index in [9.17, 15) is 4.79 Å². The van der Waals surface area contributed by atoms with Crippen LogP contribution in [-0.2, 0) is 11.2 Å². The maximum Gasteiger partial charge on any atom is 0.196 e. The third-order valence-electron chi connectivity index (χ3n) is 4.67. The minimum absolute atomic E-state index is 0.206. The molecule has 0 N–H and O–H groups in total. The van der Waals surface area contributed by atoms with Crippen molar-refractivity contribution >= 4 is 17.5 Å². The molecule has 0 spiro atoms. The summed E-state index contributed by atoms with van der Waals surface area (Å²) in [6.07, 6.45) is 0.689. The molecule has 0 atom stereocenters. The first-order valence-corrected chi connectivity index (χ1v) is 10.5. The Balaban J connectivity index is 1.99. The highest BCUT2D eigenvalue weighted by Gasteiger charge is 2.23. The van der Waals surface area contributed by atoms with E-state index in [1.54, 1.807) is 0 Å². The van der Waals surface area contributed by atoms with Crippen molar-refractivity contribution in [2.75, 3.05) is 5.75 Å². The number of carbonyl (C=O) groups excluding carboxylic acids is 1. The van der Waals surface area contributed by atoms with E-state index in [4.69, 9.17) is 0 Å². The zero-order chi connectivity index (χ0) is 20.3. The monoisotopic (exact) mass is 393 g/mol. The molecule has 0 saturated heterocycles. The topological polar surface area (TPSA) is 47.8 Å². The lowest BCUT2D eigenvalue weighted by Gasteiger charge is -2.17. The minimum Gasteiger partial charge on any atom is -0.298 e. The van der Waals surface area contributed by atoms with Crippen LogP contribution in [0.4, 0.5) is 0 Å². The Bertz CT molecular complexity index is 971. The summed E-state index contributed by atoms with van der Waals surface area (Å²) < 4.78 is 2.10. The normalized spacial score (nSPS) is 11.6. The number of thioether (sulfide) groups is 1. The third-order valence-corrected chi connectivity index (χ3v) is 5.60. The van der Waals surface area contributed by atoms with Gasteiger partial charge in [0.1, 0.15) is 11.6 Å². The molecule has 0 aliphatic rings. The van der Waals surface area contributed by atoms with E-state index in [0.29, 0.717) is 12.2 Å². The summed E-state index contributed by atoms with van der Waals surface area (Å²) in [6.45, 7) is 10.0. The quantitative estimate of drug-likeness (QED) is 0.541. The van der Waals surface area contributed by atoms with Crippen molar-refractivity contribution in [1.29, 1.82) is 0 Å². The van der Waals surface area contributed by atoms with Gasteiger partial charge in [0.05, 0.1) is 11.4 Å². The Kier molecular flexibility index (Phi) is 6.04. The summed E-state index contributed by atoms with van der Waals surface area (Å²) in [5.41, 5.74) is 4.27. The molecule has 28 heavy (non-hydrogen) atoms. The summed E-state index contributed by atoms with van der Waals surface area (Å²) in [5, 5.41) is 9.66. The number of rotatable bonds is 6. The maximum absolute atomic E-state index is 12.4. The van der Waals surface area contributed by atoms with E-state index < -0.39 is 0 Å². The average Bonchev–Trinajstić information content (AvgIpc) is 3.02. The van der Waals surface area contributed by atoms with Crippen LogP contribution in [0.3, 0.4) is 0 Å². The predicted octanol–water partition coefficient (Wildman–Crippen LogP) is 5.18. The molecule has 0 fully saturated rings. The van der Waals surface area contributed by atoms with Gasteiger partial charge in [0, 0.05) is 11.8 Å². The third kappa shape index (κ3) is 4.71. The minimum atomic E-state index is -0.357. The van der Waals surface area contributed by atoms with Crippen LogP contribution >= 0.6 is 11.8 Å². The van der Waals surface area contributed by atoms with E-state index in [1.165, 1.54) is 22.9 Å². The van der Waals surface area contributed by atoms with Crippen molar-refractivity contribution in [2.45, 2.75) is 46.2 Å². The summed E-state index contributed by atoms with van der Waals surface area (Å²) in [6, 6.07) is 16.6. The second-order valence-electron chi connectivity index (χ2n) is 8.15. The Labute approximate surface area is 171 Å². The highest BCUT2D eigenvalue weighted by Crippen LogP contribution is 2.28. The lowest BCUT2D eigenvalue weighted by molar-refractivity contribution is -0.123. The van der Waals surface area contributed by atoms with Gasteiger partial charge in [-0.1, -0.05) is 80.6 Å². The molecular formula is C23H27N3OS. The summed E-state index contributed by atoms with van der Waals surface area (Å²) in [4.78, 5) is 12.4. The number of aromatic nitrogens is 3. The molecule has 5 heteroatoms. The first-order valence-electron chi connectivity index (χ1n) is 9.47. The van der Waals surface area contributed by atoms with Gasteiger partial charge in [-0.15, -0.1) is 10.2 Å². The number of ketones is 1. The molecule has 0 unspecified atom stereocenters. The fourth-order valence-corrected chi connectivity index (χ4v) is 4.06. The summed E-state index contributed by atoms with van der Waals surface area (Å²) >= 11 is 1.46. The van der Waals surface area contributed by atoms with Crippen molar-refractivity contribution < 1.29 is 4.79 Å². The molecule has 0 saturated carbocycles. The number of nitrogens with zero attached hydrogens (tertiary/aromatic N) is 3. The molecule has 2 aromatic carbocycles. The van der Waals surface area contributed by atoms with E-state index >= 15 is 0 Å². The van der Waals surface area contributed by atoms with E-state index in [0.717, 1.165) is 22.2 Å². The van der Waals surface area contributed by atoms with Gasteiger partial charge in [0.15, 0.2) is 5.16 Å². The van der Waals surface area contributed by atoms with Crippen LogP contribution in [0.15, 0.2) is 53.7 Å². The number of benzene rings is 2.